The van der Waals surface area contributed by atoms with Crippen LogP contribution in [0.4, 0.5) is 4.39 Å². The molecule has 0 saturated heterocycles. The fraction of sp³-hybridized carbons (Fsp3) is 0.565. The molecule has 0 aliphatic heterocycles. The number of nitrogens with zero attached hydrogens (tertiary/aromatic N) is 2. The Morgan fingerprint density at radius 1 is 0.929 bits per heavy atom. The maximum Gasteiger partial charge on any atom is 0.159 e. The summed E-state index contributed by atoms with van der Waals surface area (Å²) in [6, 6.07) is 8.34. The number of ether oxygens (including phenoxy) is 2. The zero-order valence-corrected chi connectivity index (χ0v) is 17.2. The first-order valence-electron chi connectivity index (χ1n) is 10.5. The highest BCUT2D eigenvalue weighted by Crippen LogP contribution is 2.18. The molecule has 0 bridgehead atoms. The molecule has 0 fully saturated rings. The number of benzene rings is 1. The van der Waals surface area contributed by atoms with Crippen LogP contribution in [0.3, 0.4) is 0 Å². The Bertz CT molecular complexity index is 647. The van der Waals surface area contributed by atoms with E-state index in [1.807, 2.05) is 6.92 Å². The Morgan fingerprint density at radius 2 is 1.64 bits per heavy atom. The normalized spacial score (nSPS) is 12.1. The van der Waals surface area contributed by atoms with Crippen molar-refractivity contribution >= 4 is 0 Å². The number of aryl methyl sites for hydroxylation is 1. The summed E-state index contributed by atoms with van der Waals surface area (Å²) < 4.78 is 24.0. The molecule has 1 atom stereocenters. The maximum absolute atomic E-state index is 13.0. The zero-order chi connectivity index (χ0) is 20.0. The zero-order valence-electron chi connectivity index (χ0n) is 17.2. The van der Waals surface area contributed by atoms with E-state index in [4.69, 9.17) is 9.47 Å². The Morgan fingerprint density at radius 3 is 2.32 bits per heavy atom. The molecule has 154 valence electrons. The highest BCUT2D eigenvalue weighted by Gasteiger charge is 2.04. The van der Waals surface area contributed by atoms with Gasteiger partial charge in [-0.3, -0.25) is 0 Å². The van der Waals surface area contributed by atoms with E-state index in [0.29, 0.717) is 25.5 Å². The molecule has 5 heteroatoms. The molecule has 28 heavy (non-hydrogen) atoms. The van der Waals surface area contributed by atoms with E-state index < -0.39 is 6.17 Å². The van der Waals surface area contributed by atoms with E-state index in [9.17, 15) is 4.39 Å². The lowest BCUT2D eigenvalue weighted by Gasteiger charge is -2.07. The summed E-state index contributed by atoms with van der Waals surface area (Å²) in [5.41, 5.74) is 2.27. The van der Waals surface area contributed by atoms with Crippen LogP contribution in [0.25, 0.3) is 11.4 Å². The number of hydrogen-bond donors (Lipinski definition) is 0. The number of alkyl halides is 1. The van der Waals surface area contributed by atoms with E-state index >= 15 is 0 Å². The monoisotopic (exact) mass is 388 g/mol. The predicted octanol–water partition coefficient (Wildman–Crippen LogP) is 5.80. The van der Waals surface area contributed by atoms with E-state index in [1.165, 1.54) is 18.4 Å². The standard InChI is InChI=1S/C23H33FN2O2/c1-3-5-7-15-28-22-16-25-23(26-17-22)20-12-10-19(11-13-20)9-6-8-14-27-18-21(24)4-2/h10-13,16-17,21H,3-9,14-15,18H2,1-2H3. The molecule has 0 radical (unpaired) electrons. The van der Waals surface area contributed by atoms with Gasteiger partial charge in [0.05, 0.1) is 25.6 Å². The fourth-order valence-corrected chi connectivity index (χ4v) is 2.76. The second kappa shape index (κ2) is 13.2. The second-order valence-corrected chi connectivity index (χ2v) is 7.03. The first-order valence-corrected chi connectivity index (χ1v) is 10.5. The van der Waals surface area contributed by atoms with Gasteiger partial charge in [0.15, 0.2) is 11.6 Å². The van der Waals surface area contributed by atoms with Gasteiger partial charge in [-0.15, -0.1) is 0 Å². The third-order valence-corrected chi connectivity index (χ3v) is 4.60. The van der Waals surface area contributed by atoms with Crippen LogP contribution in [0.1, 0.15) is 57.9 Å². The number of hydrogen-bond acceptors (Lipinski definition) is 4. The van der Waals surface area contributed by atoms with Gasteiger partial charge in [-0.05, 0) is 37.7 Å². The molecule has 2 rings (SSSR count). The molecular formula is C23H33FN2O2. The van der Waals surface area contributed by atoms with Gasteiger partial charge in [0.2, 0.25) is 0 Å². The second-order valence-electron chi connectivity index (χ2n) is 7.03. The van der Waals surface area contributed by atoms with Crippen LogP contribution in [0.5, 0.6) is 5.75 Å². The maximum atomic E-state index is 13.0. The fourth-order valence-electron chi connectivity index (χ4n) is 2.76. The van der Waals surface area contributed by atoms with Crippen molar-refractivity contribution in [3.8, 4) is 17.1 Å². The smallest absolute Gasteiger partial charge is 0.159 e. The quantitative estimate of drug-likeness (QED) is 0.384. The van der Waals surface area contributed by atoms with Gasteiger partial charge < -0.3 is 9.47 Å². The van der Waals surface area contributed by atoms with Gasteiger partial charge in [-0.2, -0.15) is 0 Å². The largest absolute Gasteiger partial charge is 0.490 e. The van der Waals surface area contributed by atoms with Crippen molar-refractivity contribution in [1.29, 1.82) is 0 Å². The SMILES string of the molecule is CCCCCOc1cnc(-c2ccc(CCCCOCC(F)CC)cc2)nc1. The Labute approximate surface area is 168 Å². The Kier molecular flexibility index (Phi) is 10.5. The van der Waals surface area contributed by atoms with Crippen LogP contribution < -0.4 is 4.74 Å². The molecule has 1 aromatic carbocycles. The third kappa shape index (κ3) is 8.34. The van der Waals surface area contributed by atoms with Crippen molar-refractivity contribution in [2.45, 2.75) is 65.0 Å². The van der Waals surface area contributed by atoms with Gasteiger partial charge in [-0.1, -0.05) is 51.0 Å². The average molecular weight is 389 g/mol. The number of unbranched alkanes of at least 4 members (excludes halogenated alkanes) is 3. The van der Waals surface area contributed by atoms with Gasteiger partial charge >= 0.3 is 0 Å². The molecule has 0 N–H and O–H groups in total. The summed E-state index contributed by atoms with van der Waals surface area (Å²) in [6.07, 6.45) is 9.54. The summed E-state index contributed by atoms with van der Waals surface area (Å²) in [4.78, 5) is 8.82. The van der Waals surface area contributed by atoms with Crippen molar-refractivity contribution in [2.75, 3.05) is 19.8 Å². The van der Waals surface area contributed by atoms with Crippen LogP contribution in [0.2, 0.25) is 0 Å². The lowest BCUT2D eigenvalue weighted by molar-refractivity contribution is 0.0768. The van der Waals surface area contributed by atoms with E-state index in [1.54, 1.807) is 12.4 Å². The molecule has 1 aromatic heterocycles. The van der Waals surface area contributed by atoms with Crippen LogP contribution >= 0.6 is 0 Å². The van der Waals surface area contributed by atoms with Crippen molar-refractivity contribution in [1.82, 2.24) is 9.97 Å². The molecule has 1 unspecified atom stereocenters. The van der Waals surface area contributed by atoms with Crippen molar-refractivity contribution in [3.05, 3.63) is 42.2 Å². The minimum atomic E-state index is -0.837. The topological polar surface area (TPSA) is 44.2 Å². The summed E-state index contributed by atoms with van der Waals surface area (Å²) in [5, 5.41) is 0. The highest BCUT2D eigenvalue weighted by atomic mass is 19.1. The minimum Gasteiger partial charge on any atom is -0.490 e. The average Bonchev–Trinajstić information content (AvgIpc) is 2.74. The molecule has 0 aliphatic rings. The van der Waals surface area contributed by atoms with Gasteiger partial charge in [-0.25, -0.2) is 14.4 Å². The van der Waals surface area contributed by atoms with E-state index in [-0.39, 0.29) is 6.61 Å². The minimum absolute atomic E-state index is 0.216. The predicted molar refractivity (Wildman–Crippen MR) is 111 cm³/mol. The Hall–Kier alpha value is -2.01. The molecule has 2 aromatic rings. The van der Waals surface area contributed by atoms with Crippen LogP contribution in [-0.4, -0.2) is 36.0 Å². The van der Waals surface area contributed by atoms with Gasteiger partial charge in [0.1, 0.15) is 6.17 Å². The Balaban J connectivity index is 1.71. The molecule has 0 aliphatic carbocycles. The molecular weight excluding hydrogens is 355 g/mol. The van der Waals surface area contributed by atoms with Gasteiger partial charge in [0.25, 0.3) is 0 Å². The van der Waals surface area contributed by atoms with Crippen molar-refractivity contribution < 1.29 is 13.9 Å². The molecule has 0 spiro atoms. The van der Waals surface area contributed by atoms with E-state index in [0.717, 1.165) is 37.0 Å². The van der Waals surface area contributed by atoms with E-state index in [2.05, 4.69) is 41.2 Å². The van der Waals surface area contributed by atoms with Crippen LogP contribution in [0.15, 0.2) is 36.7 Å². The molecule has 0 amide bonds. The lowest BCUT2D eigenvalue weighted by atomic mass is 10.1. The molecule has 0 saturated carbocycles. The first-order chi connectivity index (χ1) is 13.7. The third-order valence-electron chi connectivity index (χ3n) is 4.60. The number of rotatable bonds is 14. The summed E-state index contributed by atoms with van der Waals surface area (Å²) in [6.45, 7) is 5.56. The number of halogens is 1. The van der Waals surface area contributed by atoms with Crippen molar-refractivity contribution in [3.63, 3.8) is 0 Å². The number of aromatic nitrogens is 2. The summed E-state index contributed by atoms with van der Waals surface area (Å²) in [7, 11) is 0. The molecule has 1 heterocycles. The summed E-state index contributed by atoms with van der Waals surface area (Å²) in [5.74, 6) is 1.43. The van der Waals surface area contributed by atoms with Gasteiger partial charge in [0, 0.05) is 12.2 Å². The first kappa shape index (κ1) is 22.3. The summed E-state index contributed by atoms with van der Waals surface area (Å²) >= 11 is 0. The van der Waals surface area contributed by atoms with Crippen molar-refractivity contribution in [2.24, 2.45) is 0 Å². The van der Waals surface area contributed by atoms with Crippen LogP contribution in [-0.2, 0) is 11.2 Å². The molecule has 4 nitrogen and oxygen atoms in total. The van der Waals surface area contributed by atoms with Crippen LogP contribution in [0, 0.1) is 0 Å². The lowest BCUT2D eigenvalue weighted by Crippen LogP contribution is -2.09. The highest BCUT2D eigenvalue weighted by molar-refractivity contribution is 5.55.